The third kappa shape index (κ3) is 4.07. The minimum atomic E-state index is -3.91. The molecule has 2 aromatic rings. The van der Waals surface area contributed by atoms with Gasteiger partial charge in [0.2, 0.25) is 10.0 Å². The average Bonchev–Trinajstić information content (AvgIpc) is 2.45. The fourth-order valence-corrected chi connectivity index (χ4v) is 3.43. The fourth-order valence-electron chi connectivity index (χ4n) is 2.12. The van der Waals surface area contributed by atoms with Crippen LogP contribution in [0.25, 0.3) is 0 Å². The van der Waals surface area contributed by atoms with Crippen molar-refractivity contribution in [2.24, 2.45) is 5.14 Å². The molecule has 2 aromatic carbocycles. The predicted molar refractivity (Wildman–Crippen MR) is 99.2 cm³/mol. The Morgan fingerprint density at radius 2 is 1.92 bits per heavy atom. The van der Waals surface area contributed by atoms with E-state index in [1.807, 2.05) is 0 Å². The number of nitrogens with one attached hydrogen (secondary N) is 1. The summed E-state index contributed by atoms with van der Waals surface area (Å²) in [5.74, 6) is -0.488. The van der Waals surface area contributed by atoms with Crippen LogP contribution in [-0.4, -0.2) is 28.4 Å². The molecule has 9 heteroatoms. The average molecular weight is 433 g/mol. The quantitative estimate of drug-likeness (QED) is 0.776. The molecule has 6 nitrogen and oxygen atoms in total. The summed E-state index contributed by atoms with van der Waals surface area (Å²) in [6.07, 6.45) is 0. The number of sulfonamides is 1. The van der Waals surface area contributed by atoms with Crippen LogP contribution in [-0.2, 0) is 10.0 Å². The maximum Gasteiger partial charge on any atom is 0.256 e. The molecule has 0 spiro atoms. The molecule has 2 rings (SSSR count). The smallest absolute Gasteiger partial charge is 0.256 e. The van der Waals surface area contributed by atoms with E-state index >= 15 is 0 Å². The molecule has 0 saturated heterocycles. The first-order valence-corrected chi connectivity index (χ1v) is 9.42. The summed E-state index contributed by atoms with van der Waals surface area (Å²) in [6.45, 7) is 0. The van der Waals surface area contributed by atoms with Gasteiger partial charge in [0.1, 0.15) is 0 Å². The number of hydrogen-bond donors (Lipinski definition) is 2. The van der Waals surface area contributed by atoms with Gasteiger partial charge in [-0.3, -0.25) is 4.79 Å². The van der Waals surface area contributed by atoms with E-state index in [1.165, 1.54) is 18.2 Å². The number of halogens is 2. The zero-order valence-electron chi connectivity index (χ0n) is 12.9. The topological polar surface area (TPSA) is 92.5 Å². The lowest BCUT2D eigenvalue weighted by Gasteiger charge is -2.19. The Morgan fingerprint density at radius 1 is 1.25 bits per heavy atom. The molecular weight excluding hydrogens is 418 g/mol. The van der Waals surface area contributed by atoms with Gasteiger partial charge in [-0.25, -0.2) is 13.6 Å². The molecule has 0 heterocycles. The standard InChI is InChI=1S/C15H15BrClN3O3S/c1-20(2)14-12(17)4-3-5-13(14)19-15(21)10-8-9(24(18,22)23)6-7-11(10)16/h3-8H,1-2H3,(H,19,21)(H2,18,22,23). The third-order valence-electron chi connectivity index (χ3n) is 3.19. The van der Waals surface area contributed by atoms with Crippen LogP contribution in [0.1, 0.15) is 10.4 Å². The second-order valence-corrected chi connectivity index (χ2v) is 7.99. The Hall–Kier alpha value is -1.61. The number of primary sulfonamides is 1. The molecule has 0 aliphatic rings. The van der Waals surface area contributed by atoms with Gasteiger partial charge in [-0.05, 0) is 46.3 Å². The lowest BCUT2D eigenvalue weighted by molar-refractivity contribution is 0.102. The van der Waals surface area contributed by atoms with E-state index < -0.39 is 15.9 Å². The molecule has 128 valence electrons. The monoisotopic (exact) mass is 431 g/mol. The lowest BCUT2D eigenvalue weighted by atomic mass is 10.2. The SMILES string of the molecule is CN(C)c1c(Cl)cccc1NC(=O)c1cc(S(N)(=O)=O)ccc1Br. The van der Waals surface area contributed by atoms with Crippen LogP contribution in [0.2, 0.25) is 5.02 Å². The van der Waals surface area contributed by atoms with Crippen LogP contribution in [0.15, 0.2) is 45.8 Å². The van der Waals surface area contributed by atoms with E-state index in [-0.39, 0.29) is 10.5 Å². The Balaban J connectivity index is 2.44. The number of carbonyl (C=O) groups is 1. The highest BCUT2D eigenvalue weighted by Crippen LogP contribution is 2.33. The number of carbonyl (C=O) groups excluding carboxylic acids is 1. The summed E-state index contributed by atoms with van der Waals surface area (Å²) in [5, 5.41) is 8.33. The Bertz CT molecular complexity index is 901. The van der Waals surface area contributed by atoms with Gasteiger partial charge < -0.3 is 10.2 Å². The van der Waals surface area contributed by atoms with Crippen molar-refractivity contribution in [1.29, 1.82) is 0 Å². The predicted octanol–water partition coefficient (Wildman–Crippen LogP) is 3.07. The highest BCUT2D eigenvalue weighted by molar-refractivity contribution is 9.10. The zero-order chi connectivity index (χ0) is 18.1. The first-order chi connectivity index (χ1) is 11.1. The number of rotatable bonds is 4. The number of anilines is 2. The van der Waals surface area contributed by atoms with Gasteiger partial charge in [0.15, 0.2) is 0 Å². The fraction of sp³-hybridized carbons (Fsp3) is 0.133. The number of nitrogens with two attached hydrogens (primary N) is 1. The van der Waals surface area contributed by atoms with E-state index in [0.29, 0.717) is 20.9 Å². The molecule has 1 amide bonds. The van der Waals surface area contributed by atoms with E-state index in [4.69, 9.17) is 16.7 Å². The van der Waals surface area contributed by atoms with Crippen LogP contribution < -0.4 is 15.4 Å². The third-order valence-corrected chi connectivity index (χ3v) is 5.10. The van der Waals surface area contributed by atoms with Crippen LogP contribution >= 0.6 is 27.5 Å². The molecule has 0 aliphatic heterocycles. The molecule has 0 aromatic heterocycles. The first-order valence-electron chi connectivity index (χ1n) is 6.71. The van der Waals surface area contributed by atoms with Gasteiger partial charge in [0.25, 0.3) is 5.91 Å². The molecule has 3 N–H and O–H groups in total. The summed E-state index contributed by atoms with van der Waals surface area (Å²) < 4.78 is 23.4. The minimum Gasteiger partial charge on any atom is -0.375 e. The molecule has 0 aliphatic carbocycles. The lowest BCUT2D eigenvalue weighted by Crippen LogP contribution is -2.18. The van der Waals surface area contributed by atoms with Crippen LogP contribution in [0, 0.1) is 0 Å². The molecule has 0 fully saturated rings. The molecule has 0 atom stereocenters. The van der Waals surface area contributed by atoms with Gasteiger partial charge in [-0.1, -0.05) is 17.7 Å². The zero-order valence-corrected chi connectivity index (χ0v) is 16.0. The largest absolute Gasteiger partial charge is 0.375 e. The summed E-state index contributed by atoms with van der Waals surface area (Å²) >= 11 is 9.41. The molecule has 0 saturated carbocycles. The van der Waals surface area contributed by atoms with Crippen molar-refractivity contribution in [3.63, 3.8) is 0 Å². The normalized spacial score (nSPS) is 11.2. The maximum absolute atomic E-state index is 12.6. The van der Waals surface area contributed by atoms with E-state index in [2.05, 4.69) is 21.2 Å². The molecule has 0 bridgehead atoms. The van der Waals surface area contributed by atoms with Gasteiger partial charge in [-0.2, -0.15) is 0 Å². The van der Waals surface area contributed by atoms with Gasteiger partial charge in [-0.15, -0.1) is 0 Å². The Kier molecular flexibility index (Phi) is 5.54. The molecule has 24 heavy (non-hydrogen) atoms. The van der Waals surface area contributed by atoms with Crippen LogP contribution in [0.5, 0.6) is 0 Å². The van der Waals surface area contributed by atoms with Gasteiger partial charge in [0.05, 0.1) is 26.9 Å². The van der Waals surface area contributed by atoms with Crippen LogP contribution in [0.4, 0.5) is 11.4 Å². The number of benzene rings is 2. The number of hydrogen-bond acceptors (Lipinski definition) is 4. The van der Waals surface area contributed by atoms with Crippen molar-refractivity contribution < 1.29 is 13.2 Å². The molecular formula is C15H15BrClN3O3S. The summed E-state index contributed by atoms with van der Waals surface area (Å²) in [5.41, 5.74) is 1.29. The van der Waals surface area contributed by atoms with Crippen molar-refractivity contribution in [1.82, 2.24) is 0 Å². The minimum absolute atomic E-state index is 0.144. The van der Waals surface area contributed by atoms with E-state index in [9.17, 15) is 13.2 Å². The summed E-state index contributed by atoms with van der Waals surface area (Å²) in [4.78, 5) is 14.2. The van der Waals surface area contributed by atoms with E-state index in [1.54, 1.807) is 37.2 Å². The van der Waals surface area contributed by atoms with Crippen molar-refractivity contribution in [3.8, 4) is 0 Å². The second-order valence-electron chi connectivity index (χ2n) is 5.17. The van der Waals surface area contributed by atoms with Crippen molar-refractivity contribution in [2.75, 3.05) is 24.3 Å². The second kappa shape index (κ2) is 7.10. The number of nitrogens with zero attached hydrogens (tertiary/aromatic N) is 1. The van der Waals surface area contributed by atoms with Gasteiger partial charge in [0, 0.05) is 18.6 Å². The van der Waals surface area contributed by atoms with Crippen molar-refractivity contribution in [3.05, 3.63) is 51.5 Å². The van der Waals surface area contributed by atoms with Crippen LogP contribution in [0.3, 0.4) is 0 Å². The maximum atomic E-state index is 12.6. The Morgan fingerprint density at radius 3 is 2.50 bits per heavy atom. The Labute approximate surface area is 153 Å². The van der Waals surface area contributed by atoms with Crippen molar-refractivity contribution in [2.45, 2.75) is 4.90 Å². The molecule has 0 unspecified atom stereocenters. The number of para-hydroxylation sites is 1. The summed E-state index contributed by atoms with van der Waals surface area (Å²) in [7, 11) is -0.307. The summed E-state index contributed by atoms with van der Waals surface area (Å²) in [6, 6.07) is 9.12. The van der Waals surface area contributed by atoms with E-state index in [0.717, 1.165) is 0 Å². The van der Waals surface area contributed by atoms with Gasteiger partial charge >= 0.3 is 0 Å². The molecule has 0 radical (unpaired) electrons. The highest BCUT2D eigenvalue weighted by Gasteiger charge is 2.18. The first kappa shape index (κ1) is 18.7. The number of amides is 1. The van der Waals surface area contributed by atoms with Crippen molar-refractivity contribution >= 4 is 54.8 Å². The highest BCUT2D eigenvalue weighted by atomic mass is 79.9.